The lowest BCUT2D eigenvalue weighted by atomic mass is 10.1. The van der Waals surface area contributed by atoms with Gasteiger partial charge in [-0.2, -0.15) is 5.10 Å². The zero-order valence-electron chi connectivity index (χ0n) is 14.9. The van der Waals surface area contributed by atoms with Gasteiger partial charge in [0, 0.05) is 12.1 Å². The molecule has 0 aliphatic carbocycles. The van der Waals surface area contributed by atoms with E-state index in [1.807, 2.05) is 54.6 Å². The molecule has 27 heavy (non-hydrogen) atoms. The fraction of sp³-hybridized carbons (Fsp3) is 0.143. The number of hydrogen-bond acceptors (Lipinski definition) is 4. The van der Waals surface area contributed by atoms with Gasteiger partial charge in [0.15, 0.2) is 0 Å². The Labute approximate surface area is 155 Å². The number of methoxy groups -OCH3 is 1. The van der Waals surface area contributed by atoms with Crippen LogP contribution >= 0.6 is 0 Å². The Kier molecular flexibility index (Phi) is 4.38. The largest absolute Gasteiger partial charge is 0.497 e. The maximum Gasteiger partial charge on any atom is 0.279 e. The molecule has 0 radical (unpaired) electrons. The van der Waals surface area contributed by atoms with Crippen molar-refractivity contribution in [1.29, 1.82) is 0 Å². The second-order valence-corrected chi connectivity index (χ2v) is 6.27. The first-order valence-electron chi connectivity index (χ1n) is 8.66. The molecule has 2 aromatic carbocycles. The summed E-state index contributed by atoms with van der Waals surface area (Å²) in [5.41, 5.74) is 2.80. The van der Waals surface area contributed by atoms with Gasteiger partial charge in [0.25, 0.3) is 5.56 Å². The van der Waals surface area contributed by atoms with Crippen molar-refractivity contribution < 1.29 is 9.84 Å². The maximum atomic E-state index is 12.8. The zero-order chi connectivity index (χ0) is 18.8. The molecule has 0 fully saturated rings. The molecule has 0 saturated carbocycles. The van der Waals surface area contributed by atoms with Crippen LogP contribution in [0.5, 0.6) is 11.6 Å². The molecular formula is C21H19N3O3. The van der Waals surface area contributed by atoms with Crippen molar-refractivity contribution in [3.63, 3.8) is 0 Å². The third kappa shape index (κ3) is 3.29. The van der Waals surface area contributed by atoms with E-state index in [-0.39, 0.29) is 11.4 Å². The van der Waals surface area contributed by atoms with E-state index in [0.717, 1.165) is 16.9 Å². The number of aromatic hydroxyl groups is 1. The van der Waals surface area contributed by atoms with Crippen LogP contribution in [0.25, 0.3) is 16.8 Å². The normalized spacial score (nSPS) is 11.0. The summed E-state index contributed by atoms with van der Waals surface area (Å²) in [6.45, 7) is 0.397. The molecule has 1 N–H and O–H groups in total. The van der Waals surface area contributed by atoms with Crippen LogP contribution in [-0.2, 0) is 13.0 Å². The molecule has 2 aromatic heterocycles. The number of benzene rings is 2. The summed E-state index contributed by atoms with van der Waals surface area (Å²) in [5, 5.41) is 14.7. The van der Waals surface area contributed by atoms with Crippen LogP contribution < -0.4 is 10.3 Å². The number of hydrogen-bond donors (Lipinski definition) is 1. The minimum atomic E-state index is -0.266. The lowest BCUT2D eigenvalue weighted by molar-refractivity contribution is 0.401. The third-order valence-corrected chi connectivity index (χ3v) is 4.57. The Bertz CT molecular complexity index is 1130. The van der Waals surface area contributed by atoms with Crippen molar-refractivity contribution in [2.75, 3.05) is 7.11 Å². The summed E-state index contributed by atoms with van der Waals surface area (Å²) < 4.78 is 7.97. The predicted molar refractivity (Wildman–Crippen MR) is 103 cm³/mol. The van der Waals surface area contributed by atoms with Crippen molar-refractivity contribution in [1.82, 2.24) is 14.2 Å². The summed E-state index contributed by atoms with van der Waals surface area (Å²) in [4.78, 5) is 12.8. The van der Waals surface area contributed by atoms with E-state index < -0.39 is 0 Å². The standard InChI is InChI=1S/C21H19N3O3/c1-27-17-9-7-16(8-10-17)18-13-19-21(26)23(20(25)14-24(19)22-18)12-11-15-5-3-2-4-6-15/h2-10,13-14,25H,11-12H2,1H3. The van der Waals surface area contributed by atoms with Gasteiger partial charge in [-0.3, -0.25) is 9.36 Å². The monoisotopic (exact) mass is 361 g/mol. The fourth-order valence-electron chi connectivity index (χ4n) is 3.08. The minimum Gasteiger partial charge on any atom is -0.497 e. The topological polar surface area (TPSA) is 68.8 Å². The minimum absolute atomic E-state index is 0.104. The molecule has 6 nitrogen and oxygen atoms in total. The van der Waals surface area contributed by atoms with Gasteiger partial charge < -0.3 is 9.84 Å². The Hall–Kier alpha value is -3.54. The number of aryl methyl sites for hydroxylation is 1. The summed E-state index contributed by atoms with van der Waals surface area (Å²) in [5.74, 6) is 0.649. The second-order valence-electron chi connectivity index (χ2n) is 6.27. The molecule has 0 spiro atoms. The molecule has 4 rings (SSSR count). The SMILES string of the molecule is COc1ccc(-c2cc3c(=O)n(CCc4ccccc4)c(O)cn3n2)cc1. The van der Waals surface area contributed by atoms with Crippen LogP contribution in [0, 0.1) is 0 Å². The number of nitrogens with zero attached hydrogens (tertiary/aromatic N) is 3. The lowest BCUT2D eigenvalue weighted by Crippen LogP contribution is -2.22. The maximum absolute atomic E-state index is 12.8. The van der Waals surface area contributed by atoms with E-state index in [2.05, 4.69) is 5.10 Å². The predicted octanol–water partition coefficient (Wildman–Crippen LogP) is 3.12. The molecular weight excluding hydrogens is 342 g/mol. The van der Waals surface area contributed by atoms with E-state index in [0.29, 0.717) is 24.2 Å². The van der Waals surface area contributed by atoms with Gasteiger partial charge in [-0.25, -0.2) is 4.52 Å². The molecule has 0 amide bonds. The number of ether oxygens (including phenoxy) is 1. The highest BCUT2D eigenvalue weighted by atomic mass is 16.5. The molecule has 0 bridgehead atoms. The van der Waals surface area contributed by atoms with Gasteiger partial charge in [0.1, 0.15) is 11.3 Å². The van der Waals surface area contributed by atoms with Gasteiger partial charge in [0.05, 0.1) is 19.0 Å². The third-order valence-electron chi connectivity index (χ3n) is 4.57. The van der Waals surface area contributed by atoms with Gasteiger partial charge in [-0.05, 0) is 42.3 Å². The van der Waals surface area contributed by atoms with E-state index in [1.54, 1.807) is 13.2 Å². The quantitative estimate of drug-likeness (QED) is 0.593. The van der Waals surface area contributed by atoms with Gasteiger partial charge >= 0.3 is 0 Å². The summed E-state index contributed by atoms with van der Waals surface area (Å²) in [7, 11) is 1.61. The first-order valence-corrected chi connectivity index (χ1v) is 8.66. The van der Waals surface area contributed by atoms with E-state index in [9.17, 15) is 9.90 Å². The summed E-state index contributed by atoms with van der Waals surface area (Å²) >= 11 is 0. The lowest BCUT2D eigenvalue weighted by Gasteiger charge is -2.08. The van der Waals surface area contributed by atoms with Crippen LogP contribution in [0.15, 0.2) is 71.7 Å². The first kappa shape index (κ1) is 16.9. The Morgan fingerprint density at radius 1 is 1.07 bits per heavy atom. The number of fused-ring (bicyclic) bond motifs is 1. The Balaban J connectivity index is 1.69. The van der Waals surface area contributed by atoms with Gasteiger partial charge in [0.2, 0.25) is 5.88 Å². The van der Waals surface area contributed by atoms with Crippen molar-refractivity contribution in [2.45, 2.75) is 13.0 Å². The van der Waals surface area contributed by atoms with Crippen molar-refractivity contribution in [3.8, 4) is 22.9 Å². The molecule has 2 heterocycles. The van der Waals surface area contributed by atoms with Crippen molar-refractivity contribution >= 4 is 5.52 Å². The molecule has 136 valence electrons. The molecule has 6 heteroatoms. The first-order chi connectivity index (χ1) is 13.2. The van der Waals surface area contributed by atoms with E-state index >= 15 is 0 Å². The Morgan fingerprint density at radius 2 is 1.81 bits per heavy atom. The zero-order valence-corrected chi connectivity index (χ0v) is 14.9. The van der Waals surface area contributed by atoms with Crippen LogP contribution in [0.1, 0.15) is 5.56 Å². The molecule has 0 saturated heterocycles. The van der Waals surface area contributed by atoms with Gasteiger partial charge in [-0.15, -0.1) is 0 Å². The highest BCUT2D eigenvalue weighted by Crippen LogP contribution is 2.22. The van der Waals surface area contributed by atoms with Crippen LogP contribution in [-0.4, -0.2) is 26.4 Å². The van der Waals surface area contributed by atoms with Gasteiger partial charge in [-0.1, -0.05) is 30.3 Å². The molecule has 0 aliphatic heterocycles. The molecule has 0 aliphatic rings. The van der Waals surface area contributed by atoms with Crippen molar-refractivity contribution in [3.05, 3.63) is 82.8 Å². The van der Waals surface area contributed by atoms with E-state index in [4.69, 9.17) is 4.74 Å². The molecule has 4 aromatic rings. The number of aromatic nitrogens is 3. The van der Waals surface area contributed by atoms with Crippen molar-refractivity contribution in [2.24, 2.45) is 0 Å². The number of rotatable bonds is 5. The van der Waals surface area contributed by atoms with Crippen LogP contribution in [0.2, 0.25) is 0 Å². The Morgan fingerprint density at radius 3 is 2.52 bits per heavy atom. The second kappa shape index (κ2) is 6.99. The van der Waals surface area contributed by atoms with Crippen LogP contribution in [0.3, 0.4) is 0 Å². The van der Waals surface area contributed by atoms with Crippen LogP contribution in [0.4, 0.5) is 0 Å². The summed E-state index contributed by atoms with van der Waals surface area (Å²) in [6, 6.07) is 19.1. The highest BCUT2D eigenvalue weighted by Gasteiger charge is 2.13. The molecule has 0 atom stereocenters. The fourth-order valence-corrected chi connectivity index (χ4v) is 3.08. The smallest absolute Gasteiger partial charge is 0.279 e. The van der Waals surface area contributed by atoms with E-state index in [1.165, 1.54) is 15.3 Å². The summed E-state index contributed by atoms with van der Waals surface area (Å²) in [6.07, 6.45) is 2.12. The highest BCUT2D eigenvalue weighted by molar-refractivity contribution is 5.66. The average Bonchev–Trinajstić information content (AvgIpc) is 3.13. The average molecular weight is 361 g/mol. The molecule has 0 unspecified atom stereocenters.